The van der Waals surface area contributed by atoms with Crippen molar-refractivity contribution in [2.75, 3.05) is 18.6 Å². The molecule has 0 amide bonds. The van der Waals surface area contributed by atoms with E-state index in [9.17, 15) is 17.6 Å². The molecule has 2 rings (SSSR count). The minimum atomic E-state index is -3.83. The number of carboxylic acid groups (broad SMARTS) is 1. The van der Waals surface area contributed by atoms with E-state index >= 15 is 0 Å². The highest BCUT2D eigenvalue weighted by atomic mass is 32.2. The van der Waals surface area contributed by atoms with Crippen molar-refractivity contribution in [3.63, 3.8) is 0 Å². The highest BCUT2D eigenvalue weighted by Gasteiger charge is 2.31. The SMILES string of the molecule is Cc1cc(S(=O)(=O)N(C)C2CCSC2)cc(C(=O)O)c1F. The van der Waals surface area contributed by atoms with Gasteiger partial charge in [-0.3, -0.25) is 0 Å². The second-order valence-corrected chi connectivity index (χ2v) is 8.09. The number of sulfonamides is 1. The summed E-state index contributed by atoms with van der Waals surface area (Å²) in [6.07, 6.45) is 0.756. The smallest absolute Gasteiger partial charge is 0.338 e. The molecule has 1 heterocycles. The fourth-order valence-corrected chi connectivity index (χ4v) is 5.07. The summed E-state index contributed by atoms with van der Waals surface area (Å²) in [6, 6.07) is 1.95. The molecule has 0 saturated carbocycles. The van der Waals surface area contributed by atoms with Crippen molar-refractivity contribution < 1.29 is 22.7 Å². The first-order valence-corrected chi connectivity index (χ1v) is 8.94. The van der Waals surface area contributed by atoms with Gasteiger partial charge in [-0.1, -0.05) is 0 Å². The third-order valence-electron chi connectivity index (χ3n) is 3.56. The van der Waals surface area contributed by atoms with E-state index in [1.165, 1.54) is 24.3 Å². The molecular formula is C13H16FNO4S2. The molecule has 1 saturated heterocycles. The quantitative estimate of drug-likeness (QED) is 0.912. The Balaban J connectivity index is 2.47. The van der Waals surface area contributed by atoms with Crippen LogP contribution >= 0.6 is 11.8 Å². The number of hydrogen-bond acceptors (Lipinski definition) is 4. The minimum absolute atomic E-state index is 0.00247. The standard InChI is InChI=1S/C13H16FNO4S2/c1-8-5-10(6-11(12(8)14)13(16)17)21(18,19)15(2)9-3-4-20-7-9/h5-6,9H,3-4,7H2,1-2H3,(H,16,17). The monoisotopic (exact) mass is 333 g/mol. The fraction of sp³-hybridized carbons (Fsp3) is 0.462. The van der Waals surface area contributed by atoms with Gasteiger partial charge in [-0.15, -0.1) is 0 Å². The van der Waals surface area contributed by atoms with Crippen molar-refractivity contribution in [2.45, 2.75) is 24.3 Å². The second kappa shape index (κ2) is 5.94. The van der Waals surface area contributed by atoms with E-state index in [4.69, 9.17) is 5.11 Å². The molecule has 0 aromatic heterocycles. The van der Waals surface area contributed by atoms with Crippen molar-refractivity contribution in [2.24, 2.45) is 0 Å². The Bertz CT molecular complexity index is 669. The second-order valence-electron chi connectivity index (χ2n) is 4.95. The van der Waals surface area contributed by atoms with Crippen molar-refractivity contribution in [3.8, 4) is 0 Å². The van der Waals surface area contributed by atoms with Gasteiger partial charge in [-0.05, 0) is 36.8 Å². The van der Waals surface area contributed by atoms with Crippen molar-refractivity contribution in [3.05, 3.63) is 29.1 Å². The highest BCUT2D eigenvalue weighted by Crippen LogP contribution is 2.28. The van der Waals surface area contributed by atoms with Crippen molar-refractivity contribution in [1.29, 1.82) is 0 Å². The predicted molar refractivity (Wildman–Crippen MR) is 78.8 cm³/mol. The molecule has 1 unspecified atom stereocenters. The van der Waals surface area contributed by atoms with Crippen LogP contribution in [0.4, 0.5) is 4.39 Å². The summed E-state index contributed by atoms with van der Waals surface area (Å²) < 4.78 is 40.1. The molecule has 0 radical (unpaired) electrons. The van der Waals surface area contributed by atoms with Gasteiger partial charge in [-0.2, -0.15) is 16.1 Å². The lowest BCUT2D eigenvalue weighted by Crippen LogP contribution is -2.37. The Morgan fingerprint density at radius 1 is 1.48 bits per heavy atom. The van der Waals surface area contributed by atoms with Crippen LogP contribution in [0.3, 0.4) is 0 Å². The molecule has 1 aromatic carbocycles. The van der Waals surface area contributed by atoms with Gasteiger partial charge in [0.1, 0.15) is 5.82 Å². The molecular weight excluding hydrogens is 317 g/mol. The molecule has 116 valence electrons. The lowest BCUT2D eigenvalue weighted by molar-refractivity contribution is 0.0691. The van der Waals surface area contributed by atoms with Gasteiger partial charge in [0.05, 0.1) is 10.5 Å². The van der Waals surface area contributed by atoms with Crippen LogP contribution in [0.25, 0.3) is 0 Å². The van der Waals surface area contributed by atoms with Gasteiger partial charge in [0, 0.05) is 18.8 Å². The fourth-order valence-electron chi connectivity index (χ4n) is 2.21. The lowest BCUT2D eigenvalue weighted by Gasteiger charge is -2.23. The van der Waals surface area contributed by atoms with E-state index in [1.807, 2.05) is 0 Å². The van der Waals surface area contributed by atoms with Crippen LogP contribution in [0, 0.1) is 12.7 Å². The number of rotatable bonds is 4. The van der Waals surface area contributed by atoms with Gasteiger partial charge in [0.25, 0.3) is 0 Å². The summed E-state index contributed by atoms with van der Waals surface area (Å²) in [6.45, 7) is 1.35. The highest BCUT2D eigenvalue weighted by molar-refractivity contribution is 7.99. The zero-order chi connectivity index (χ0) is 15.8. The van der Waals surface area contributed by atoms with Crippen LogP contribution in [-0.2, 0) is 10.0 Å². The minimum Gasteiger partial charge on any atom is -0.478 e. The maximum Gasteiger partial charge on any atom is 0.338 e. The lowest BCUT2D eigenvalue weighted by atomic mass is 10.1. The van der Waals surface area contributed by atoms with Gasteiger partial charge in [0.15, 0.2) is 0 Å². The summed E-state index contributed by atoms with van der Waals surface area (Å²) in [5, 5.41) is 8.98. The molecule has 1 aliphatic heterocycles. The maximum atomic E-state index is 13.7. The first-order chi connectivity index (χ1) is 9.75. The summed E-state index contributed by atoms with van der Waals surface area (Å²) >= 11 is 1.68. The number of carboxylic acids is 1. The number of aryl methyl sites for hydroxylation is 1. The molecule has 1 aromatic rings. The van der Waals surface area contributed by atoms with E-state index in [0.29, 0.717) is 5.75 Å². The van der Waals surface area contributed by atoms with Crippen LogP contribution in [0.5, 0.6) is 0 Å². The Kier molecular flexibility index (Phi) is 4.60. The van der Waals surface area contributed by atoms with Gasteiger partial charge in [-0.25, -0.2) is 17.6 Å². The average molecular weight is 333 g/mol. The maximum absolute atomic E-state index is 13.7. The number of thioether (sulfide) groups is 1. The van der Waals surface area contributed by atoms with E-state index in [2.05, 4.69) is 0 Å². The van der Waals surface area contributed by atoms with Crippen molar-refractivity contribution in [1.82, 2.24) is 4.31 Å². The number of nitrogens with zero attached hydrogens (tertiary/aromatic N) is 1. The largest absolute Gasteiger partial charge is 0.478 e. The summed E-state index contributed by atoms with van der Waals surface area (Å²) in [5.41, 5.74) is -0.620. The number of aromatic carboxylic acids is 1. The van der Waals surface area contributed by atoms with Crippen LogP contribution in [-0.4, -0.2) is 48.4 Å². The topological polar surface area (TPSA) is 74.7 Å². The zero-order valence-corrected chi connectivity index (χ0v) is 13.3. The molecule has 0 spiro atoms. The van der Waals surface area contributed by atoms with Gasteiger partial charge in [0.2, 0.25) is 10.0 Å². The van der Waals surface area contributed by atoms with Crippen LogP contribution in [0.2, 0.25) is 0 Å². The molecule has 5 nitrogen and oxygen atoms in total. The molecule has 0 aliphatic carbocycles. The normalized spacial score (nSPS) is 19.1. The van der Waals surface area contributed by atoms with E-state index in [0.717, 1.165) is 18.2 Å². The summed E-state index contributed by atoms with van der Waals surface area (Å²) in [4.78, 5) is 10.8. The Morgan fingerprint density at radius 3 is 2.67 bits per heavy atom. The number of hydrogen-bond donors (Lipinski definition) is 1. The van der Waals surface area contributed by atoms with Gasteiger partial charge < -0.3 is 5.11 Å². The molecule has 8 heteroatoms. The number of halogens is 1. The molecule has 0 bridgehead atoms. The third kappa shape index (κ3) is 3.07. The molecule has 21 heavy (non-hydrogen) atoms. The first-order valence-electron chi connectivity index (χ1n) is 6.34. The van der Waals surface area contributed by atoms with E-state index in [1.54, 1.807) is 11.8 Å². The molecule has 1 fully saturated rings. The number of carbonyl (C=O) groups is 1. The molecule has 1 aliphatic rings. The predicted octanol–water partition coefficient (Wildman–Crippen LogP) is 1.96. The van der Waals surface area contributed by atoms with Gasteiger partial charge >= 0.3 is 5.97 Å². The Labute approximate surface area is 127 Å². The van der Waals surface area contributed by atoms with Crippen LogP contribution in [0.15, 0.2) is 17.0 Å². The molecule has 1 atom stereocenters. The third-order valence-corrected chi connectivity index (χ3v) is 6.59. The van der Waals surface area contributed by atoms with Crippen molar-refractivity contribution >= 4 is 27.8 Å². The zero-order valence-electron chi connectivity index (χ0n) is 11.7. The summed E-state index contributed by atoms with van der Waals surface area (Å²) in [5.74, 6) is -0.776. The Hall–Kier alpha value is -1.12. The van der Waals surface area contributed by atoms with E-state index in [-0.39, 0.29) is 16.5 Å². The first kappa shape index (κ1) is 16.3. The summed E-state index contributed by atoms with van der Waals surface area (Å²) in [7, 11) is -2.35. The Morgan fingerprint density at radius 2 is 2.14 bits per heavy atom. The average Bonchev–Trinajstić information content (AvgIpc) is 2.94. The number of benzene rings is 1. The molecule has 1 N–H and O–H groups in total. The van der Waals surface area contributed by atoms with E-state index < -0.39 is 27.4 Å². The van der Waals surface area contributed by atoms with Crippen LogP contribution in [0.1, 0.15) is 22.3 Å². The van der Waals surface area contributed by atoms with Crippen LogP contribution < -0.4 is 0 Å².